The van der Waals surface area contributed by atoms with Crippen LogP contribution in [0.25, 0.3) is 6.08 Å². The maximum absolute atomic E-state index is 12.7. The van der Waals surface area contributed by atoms with E-state index in [1.807, 2.05) is 30.3 Å². The van der Waals surface area contributed by atoms with Gasteiger partial charge in [-0.25, -0.2) is 8.42 Å². The molecule has 0 atom stereocenters. The van der Waals surface area contributed by atoms with Crippen molar-refractivity contribution < 1.29 is 18.0 Å². The first kappa shape index (κ1) is 22.1. The van der Waals surface area contributed by atoms with Gasteiger partial charge in [0.05, 0.1) is 11.4 Å². The van der Waals surface area contributed by atoms with Crippen LogP contribution in [-0.4, -0.2) is 50.5 Å². The predicted molar refractivity (Wildman–Crippen MR) is 126 cm³/mol. The SMILES string of the molecule is O=C(Nc1ccc(N2CCCS2(=O)=O)cc1)C1CCN(C(=O)/C=C/c2ccccc2)CC1. The topological polar surface area (TPSA) is 86.8 Å². The Hall–Kier alpha value is -3.13. The third-order valence-corrected chi connectivity index (χ3v) is 7.79. The molecule has 0 bridgehead atoms. The number of carbonyl (C=O) groups excluding carboxylic acids is 2. The highest BCUT2D eigenvalue weighted by Crippen LogP contribution is 2.26. The summed E-state index contributed by atoms with van der Waals surface area (Å²) >= 11 is 0. The molecule has 2 aliphatic heterocycles. The lowest BCUT2D eigenvalue weighted by atomic mass is 9.95. The third kappa shape index (κ3) is 5.19. The van der Waals surface area contributed by atoms with E-state index in [9.17, 15) is 18.0 Å². The van der Waals surface area contributed by atoms with Gasteiger partial charge in [-0.15, -0.1) is 0 Å². The largest absolute Gasteiger partial charge is 0.339 e. The highest BCUT2D eigenvalue weighted by atomic mass is 32.2. The summed E-state index contributed by atoms with van der Waals surface area (Å²) in [6.45, 7) is 1.58. The van der Waals surface area contributed by atoms with Crippen LogP contribution < -0.4 is 9.62 Å². The van der Waals surface area contributed by atoms with Gasteiger partial charge in [0.2, 0.25) is 21.8 Å². The Bertz CT molecular complexity index is 1090. The molecule has 7 nitrogen and oxygen atoms in total. The van der Waals surface area contributed by atoms with Crippen LogP contribution in [0.1, 0.15) is 24.8 Å². The van der Waals surface area contributed by atoms with Gasteiger partial charge in [0.15, 0.2) is 0 Å². The highest BCUT2D eigenvalue weighted by molar-refractivity contribution is 7.93. The van der Waals surface area contributed by atoms with Crippen LogP contribution >= 0.6 is 0 Å². The van der Waals surface area contributed by atoms with E-state index in [0.717, 1.165) is 5.56 Å². The number of nitrogens with zero attached hydrogens (tertiary/aromatic N) is 2. The summed E-state index contributed by atoms with van der Waals surface area (Å²) in [6.07, 6.45) is 5.24. The third-order valence-electron chi connectivity index (χ3n) is 5.92. The van der Waals surface area contributed by atoms with Gasteiger partial charge >= 0.3 is 0 Å². The number of anilines is 2. The maximum Gasteiger partial charge on any atom is 0.246 e. The van der Waals surface area contributed by atoms with Crippen molar-refractivity contribution in [2.45, 2.75) is 19.3 Å². The zero-order valence-electron chi connectivity index (χ0n) is 17.8. The van der Waals surface area contributed by atoms with Crippen molar-refractivity contribution in [1.82, 2.24) is 4.90 Å². The lowest BCUT2D eigenvalue weighted by molar-refractivity contribution is -0.130. The number of sulfonamides is 1. The number of hydrogen-bond donors (Lipinski definition) is 1. The molecule has 2 aromatic carbocycles. The van der Waals surface area contributed by atoms with Gasteiger partial charge in [0.25, 0.3) is 0 Å². The molecular formula is C24H27N3O4S. The predicted octanol–water partition coefficient (Wildman–Crippen LogP) is 3.12. The Morgan fingerprint density at radius 1 is 0.938 bits per heavy atom. The van der Waals surface area contributed by atoms with Crippen LogP contribution in [0.4, 0.5) is 11.4 Å². The molecule has 0 aromatic heterocycles. The van der Waals surface area contributed by atoms with E-state index in [0.29, 0.717) is 50.3 Å². The number of nitrogens with one attached hydrogen (secondary N) is 1. The van der Waals surface area contributed by atoms with Crippen molar-refractivity contribution in [3.05, 3.63) is 66.2 Å². The minimum absolute atomic E-state index is 0.0415. The number of carbonyl (C=O) groups is 2. The Labute approximate surface area is 188 Å². The molecule has 2 saturated heterocycles. The van der Waals surface area contributed by atoms with E-state index in [1.54, 1.807) is 41.3 Å². The first-order valence-electron chi connectivity index (χ1n) is 10.9. The lowest BCUT2D eigenvalue weighted by Gasteiger charge is -2.30. The number of amides is 2. The van der Waals surface area contributed by atoms with Gasteiger partial charge < -0.3 is 10.2 Å². The number of hydrogen-bond acceptors (Lipinski definition) is 4. The average molecular weight is 454 g/mol. The summed E-state index contributed by atoms with van der Waals surface area (Å²) in [4.78, 5) is 26.9. The molecule has 2 aromatic rings. The van der Waals surface area contributed by atoms with E-state index >= 15 is 0 Å². The van der Waals surface area contributed by atoms with Crippen molar-refractivity contribution >= 4 is 39.3 Å². The fourth-order valence-electron chi connectivity index (χ4n) is 4.08. The fraction of sp³-hybridized carbons (Fsp3) is 0.333. The molecule has 0 saturated carbocycles. The fourth-order valence-corrected chi connectivity index (χ4v) is 5.65. The zero-order chi connectivity index (χ0) is 22.6. The van der Waals surface area contributed by atoms with E-state index < -0.39 is 10.0 Å². The van der Waals surface area contributed by atoms with Crippen LogP contribution in [0.5, 0.6) is 0 Å². The van der Waals surface area contributed by atoms with Gasteiger partial charge in [-0.2, -0.15) is 0 Å². The Morgan fingerprint density at radius 2 is 1.62 bits per heavy atom. The first-order valence-corrected chi connectivity index (χ1v) is 12.5. The minimum Gasteiger partial charge on any atom is -0.339 e. The van der Waals surface area contributed by atoms with Crippen molar-refractivity contribution in [1.29, 1.82) is 0 Å². The summed E-state index contributed by atoms with van der Waals surface area (Å²) < 4.78 is 25.5. The molecule has 2 heterocycles. The standard InChI is InChI=1S/C24H27N3O4S/c28-23(12-7-19-5-2-1-3-6-19)26-16-13-20(14-17-26)24(29)25-21-8-10-22(11-9-21)27-15-4-18-32(27,30)31/h1-3,5-12,20H,4,13-18H2,(H,25,29)/b12-7+. The van der Waals surface area contributed by atoms with Gasteiger partial charge in [-0.1, -0.05) is 30.3 Å². The Morgan fingerprint density at radius 3 is 2.25 bits per heavy atom. The van der Waals surface area contributed by atoms with Crippen molar-refractivity contribution in [2.75, 3.05) is 35.0 Å². The first-order chi connectivity index (χ1) is 15.4. The van der Waals surface area contributed by atoms with Gasteiger partial charge in [0, 0.05) is 37.3 Å². The Balaban J connectivity index is 1.27. The van der Waals surface area contributed by atoms with E-state index in [-0.39, 0.29) is 23.5 Å². The monoisotopic (exact) mass is 453 g/mol. The second-order valence-electron chi connectivity index (χ2n) is 8.12. The number of benzene rings is 2. The summed E-state index contributed by atoms with van der Waals surface area (Å²) in [5.41, 5.74) is 2.24. The summed E-state index contributed by atoms with van der Waals surface area (Å²) in [7, 11) is -3.22. The minimum atomic E-state index is -3.22. The highest BCUT2D eigenvalue weighted by Gasteiger charge is 2.29. The lowest BCUT2D eigenvalue weighted by Crippen LogP contribution is -2.40. The van der Waals surface area contributed by atoms with E-state index in [2.05, 4.69) is 5.32 Å². The summed E-state index contributed by atoms with van der Waals surface area (Å²) in [5, 5.41) is 2.92. The second kappa shape index (κ2) is 9.56. The van der Waals surface area contributed by atoms with Gasteiger partial charge in [-0.05, 0) is 55.2 Å². The summed E-state index contributed by atoms with van der Waals surface area (Å²) in [6, 6.07) is 16.6. The van der Waals surface area contributed by atoms with Crippen LogP contribution in [0.15, 0.2) is 60.7 Å². The van der Waals surface area contributed by atoms with Gasteiger partial charge in [-0.3, -0.25) is 13.9 Å². The molecule has 2 amide bonds. The van der Waals surface area contributed by atoms with E-state index in [4.69, 9.17) is 0 Å². The molecule has 0 unspecified atom stereocenters. The second-order valence-corrected chi connectivity index (χ2v) is 10.1. The Kier molecular flexibility index (Phi) is 6.60. The molecule has 0 spiro atoms. The number of rotatable bonds is 5. The number of likely N-dealkylation sites (tertiary alicyclic amines) is 1. The van der Waals surface area contributed by atoms with E-state index in [1.165, 1.54) is 4.31 Å². The quantitative estimate of drug-likeness (QED) is 0.705. The molecule has 32 heavy (non-hydrogen) atoms. The molecule has 0 radical (unpaired) electrons. The molecule has 168 valence electrons. The molecule has 2 aliphatic rings. The number of piperidine rings is 1. The van der Waals surface area contributed by atoms with Crippen LogP contribution in [0, 0.1) is 5.92 Å². The van der Waals surface area contributed by atoms with Crippen molar-refractivity contribution in [3.63, 3.8) is 0 Å². The smallest absolute Gasteiger partial charge is 0.246 e. The maximum atomic E-state index is 12.7. The van der Waals surface area contributed by atoms with Crippen molar-refractivity contribution in [2.24, 2.45) is 5.92 Å². The van der Waals surface area contributed by atoms with Crippen LogP contribution in [0.3, 0.4) is 0 Å². The van der Waals surface area contributed by atoms with Crippen molar-refractivity contribution in [3.8, 4) is 0 Å². The molecule has 1 N–H and O–H groups in total. The molecule has 4 rings (SSSR count). The molecule has 8 heteroatoms. The van der Waals surface area contributed by atoms with Crippen LogP contribution in [0.2, 0.25) is 0 Å². The normalized spacial score (nSPS) is 18.8. The van der Waals surface area contributed by atoms with Gasteiger partial charge in [0.1, 0.15) is 0 Å². The summed E-state index contributed by atoms with van der Waals surface area (Å²) in [5.74, 6) is -0.0937. The average Bonchev–Trinajstić information content (AvgIpc) is 3.17. The molecule has 2 fully saturated rings. The molecular weight excluding hydrogens is 426 g/mol. The van der Waals surface area contributed by atoms with Crippen LogP contribution in [-0.2, 0) is 19.6 Å². The zero-order valence-corrected chi connectivity index (χ0v) is 18.6. The molecule has 0 aliphatic carbocycles.